The van der Waals surface area contributed by atoms with E-state index in [1.807, 2.05) is 0 Å². The Hall–Kier alpha value is -0.570. The normalized spacial score (nSPS) is 55.8. The molecule has 2 heterocycles. The first-order valence-corrected chi connectivity index (χ1v) is 3.69. The van der Waals surface area contributed by atoms with Gasteiger partial charge in [0, 0.05) is 12.3 Å². The number of ether oxygens (including phenoxy) is 2. The van der Waals surface area contributed by atoms with Crippen LogP contribution in [0.1, 0.15) is 12.8 Å². The average molecular weight is 140 g/mol. The maximum absolute atomic E-state index is 10.7. The van der Waals surface area contributed by atoms with Crippen LogP contribution in [0.4, 0.5) is 0 Å². The first kappa shape index (κ1) is 5.13. The average Bonchev–Trinajstić information content (AvgIpc) is 2.40. The van der Waals surface area contributed by atoms with Crippen LogP contribution in [0.5, 0.6) is 0 Å². The lowest BCUT2D eigenvalue weighted by Crippen LogP contribution is -2.14. The standard InChI is InChI=1S/C7H8O3/c8-6-1-3-4(9-6)2-5-7(3)10-5/h3-5,7H,1-2H2/t3?,4?,5?,7-/m1/s1. The van der Waals surface area contributed by atoms with Gasteiger partial charge in [0.15, 0.2) is 0 Å². The molecule has 1 saturated carbocycles. The van der Waals surface area contributed by atoms with Crippen LogP contribution in [-0.2, 0) is 14.3 Å². The number of hydrogen-bond acceptors (Lipinski definition) is 3. The van der Waals surface area contributed by atoms with Gasteiger partial charge in [-0.15, -0.1) is 0 Å². The molecule has 3 heteroatoms. The maximum atomic E-state index is 10.7. The van der Waals surface area contributed by atoms with Crippen molar-refractivity contribution in [3.05, 3.63) is 0 Å². The Bertz CT molecular complexity index is 201. The Morgan fingerprint density at radius 3 is 3.10 bits per heavy atom. The van der Waals surface area contributed by atoms with E-state index in [0.29, 0.717) is 24.5 Å². The van der Waals surface area contributed by atoms with E-state index < -0.39 is 0 Å². The summed E-state index contributed by atoms with van der Waals surface area (Å²) in [6.45, 7) is 0. The Labute approximate surface area is 58.3 Å². The van der Waals surface area contributed by atoms with E-state index in [4.69, 9.17) is 9.47 Å². The quantitative estimate of drug-likeness (QED) is 0.353. The SMILES string of the molecule is O=C1CC2C(CC3O[C@@H]32)O1. The number of rotatable bonds is 0. The molecule has 0 N–H and O–H groups in total. The van der Waals surface area contributed by atoms with Crippen LogP contribution in [0.2, 0.25) is 0 Å². The highest BCUT2D eigenvalue weighted by Crippen LogP contribution is 2.48. The van der Waals surface area contributed by atoms with Crippen LogP contribution in [0.15, 0.2) is 0 Å². The summed E-state index contributed by atoms with van der Waals surface area (Å²) >= 11 is 0. The third kappa shape index (κ3) is 0.475. The van der Waals surface area contributed by atoms with Crippen molar-refractivity contribution in [1.29, 1.82) is 0 Å². The summed E-state index contributed by atoms with van der Waals surface area (Å²) in [6.07, 6.45) is 2.54. The predicted octanol–water partition coefficient (Wildman–Crippen LogP) is 0.0892. The summed E-state index contributed by atoms with van der Waals surface area (Å²) in [6, 6.07) is 0. The van der Waals surface area contributed by atoms with Gasteiger partial charge in [0.1, 0.15) is 6.10 Å². The lowest BCUT2D eigenvalue weighted by atomic mass is 10.0. The molecule has 10 heavy (non-hydrogen) atoms. The zero-order valence-corrected chi connectivity index (χ0v) is 5.45. The van der Waals surface area contributed by atoms with Crippen molar-refractivity contribution in [2.45, 2.75) is 31.2 Å². The fourth-order valence-corrected chi connectivity index (χ4v) is 2.13. The second kappa shape index (κ2) is 1.37. The number of carbonyl (C=O) groups is 1. The van der Waals surface area contributed by atoms with Gasteiger partial charge < -0.3 is 9.47 Å². The maximum Gasteiger partial charge on any atom is 0.306 e. The molecular weight excluding hydrogens is 132 g/mol. The van der Waals surface area contributed by atoms with Crippen LogP contribution in [0, 0.1) is 5.92 Å². The van der Waals surface area contributed by atoms with Gasteiger partial charge in [-0.3, -0.25) is 4.79 Å². The van der Waals surface area contributed by atoms with E-state index in [0.717, 1.165) is 6.42 Å². The molecule has 0 aromatic rings. The number of epoxide rings is 1. The van der Waals surface area contributed by atoms with E-state index in [-0.39, 0.29) is 12.1 Å². The van der Waals surface area contributed by atoms with Crippen molar-refractivity contribution < 1.29 is 14.3 Å². The van der Waals surface area contributed by atoms with Crippen molar-refractivity contribution in [1.82, 2.24) is 0 Å². The minimum atomic E-state index is -0.0380. The Morgan fingerprint density at radius 2 is 2.30 bits per heavy atom. The second-order valence-corrected chi connectivity index (χ2v) is 3.27. The number of esters is 1. The van der Waals surface area contributed by atoms with Gasteiger partial charge in [-0.2, -0.15) is 0 Å². The van der Waals surface area contributed by atoms with Crippen molar-refractivity contribution in [3.63, 3.8) is 0 Å². The van der Waals surface area contributed by atoms with Crippen LogP contribution < -0.4 is 0 Å². The molecule has 0 bridgehead atoms. The smallest absolute Gasteiger partial charge is 0.306 e. The Kier molecular flexibility index (Phi) is 0.703. The number of fused-ring (bicyclic) bond motifs is 3. The molecule has 1 aliphatic carbocycles. The lowest BCUT2D eigenvalue weighted by Gasteiger charge is -2.07. The summed E-state index contributed by atoms with van der Waals surface area (Å²) < 4.78 is 10.3. The highest BCUT2D eigenvalue weighted by molar-refractivity contribution is 5.72. The van der Waals surface area contributed by atoms with Gasteiger partial charge in [0.2, 0.25) is 0 Å². The monoisotopic (exact) mass is 140 g/mol. The first-order chi connectivity index (χ1) is 4.84. The highest BCUT2D eigenvalue weighted by atomic mass is 16.6. The molecule has 0 amide bonds. The molecule has 2 aliphatic heterocycles. The molecule has 4 atom stereocenters. The molecule has 0 radical (unpaired) electrons. The van der Waals surface area contributed by atoms with E-state index in [2.05, 4.69) is 0 Å². The molecule has 3 nitrogen and oxygen atoms in total. The fraction of sp³-hybridized carbons (Fsp3) is 0.857. The van der Waals surface area contributed by atoms with E-state index in [1.54, 1.807) is 0 Å². The minimum absolute atomic E-state index is 0.0380. The summed E-state index contributed by atoms with van der Waals surface area (Å²) in [5, 5.41) is 0. The second-order valence-electron chi connectivity index (χ2n) is 3.27. The zero-order valence-electron chi connectivity index (χ0n) is 5.45. The molecule has 2 saturated heterocycles. The van der Waals surface area contributed by atoms with Crippen molar-refractivity contribution >= 4 is 5.97 Å². The number of hydrogen-bond donors (Lipinski definition) is 0. The summed E-state index contributed by atoms with van der Waals surface area (Å²) in [5.41, 5.74) is 0. The summed E-state index contributed by atoms with van der Waals surface area (Å²) in [4.78, 5) is 10.7. The molecule has 3 rings (SSSR count). The zero-order chi connectivity index (χ0) is 6.72. The third-order valence-corrected chi connectivity index (χ3v) is 2.67. The van der Waals surface area contributed by atoms with Crippen LogP contribution in [-0.4, -0.2) is 24.3 Å². The summed E-state index contributed by atoms with van der Waals surface area (Å²) in [7, 11) is 0. The molecule has 0 spiro atoms. The van der Waals surface area contributed by atoms with Gasteiger partial charge in [0.05, 0.1) is 18.6 Å². The van der Waals surface area contributed by atoms with Crippen molar-refractivity contribution in [2.75, 3.05) is 0 Å². The van der Waals surface area contributed by atoms with Gasteiger partial charge in [-0.1, -0.05) is 0 Å². The Balaban J connectivity index is 1.88. The lowest BCUT2D eigenvalue weighted by molar-refractivity contribution is -0.141. The molecule has 3 unspecified atom stereocenters. The Morgan fingerprint density at radius 1 is 1.40 bits per heavy atom. The molecule has 3 aliphatic rings. The van der Waals surface area contributed by atoms with Crippen molar-refractivity contribution in [2.24, 2.45) is 5.92 Å². The van der Waals surface area contributed by atoms with Crippen LogP contribution in [0.25, 0.3) is 0 Å². The van der Waals surface area contributed by atoms with Gasteiger partial charge in [-0.25, -0.2) is 0 Å². The minimum Gasteiger partial charge on any atom is -0.462 e. The topological polar surface area (TPSA) is 38.8 Å². The van der Waals surface area contributed by atoms with Crippen LogP contribution in [0.3, 0.4) is 0 Å². The fourth-order valence-electron chi connectivity index (χ4n) is 2.13. The molecule has 3 fully saturated rings. The van der Waals surface area contributed by atoms with E-state index in [1.165, 1.54) is 0 Å². The first-order valence-electron chi connectivity index (χ1n) is 3.69. The van der Waals surface area contributed by atoms with Gasteiger partial charge in [0.25, 0.3) is 0 Å². The van der Waals surface area contributed by atoms with Crippen LogP contribution >= 0.6 is 0 Å². The summed E-state index contributed by atoms with van der Waals surface area (Å²) in [5.74, 6) is 0.362. The predicted molar refractivity (Wildman–Crippen MR) is 31.3 cm³/mol. The molecule has 54 valence electrons. The number of carbonyl (C=O) groups excluding carboxylic acids is 1. The molecule has 0 aromatic heterocycles. The highest BCUT2D eigenvalue weighted by Gasteiger charge is 2.60. The largest absolute Gasteiger partial charge is 0.462 e. The molecular formula is C7H8O3. The van der Waals surface area contributed by atoms with E-state index in [9.17, 15) is 4.79 Å². The van der Waals surface area contributed by atoms with E-state index >= 15 is 0 Å². The third-order valence-electron chi connectivity index (χ3n) is 2.67. The van der Waals surface area contributed by atoms with Gasteiger partial charge >= 0.3 is 5.97 Å². The van der Waals surface area contributed by atoms with Crippen molar-refractivity contribution in [3.8, 4) is 0 Å². The molecule has 0 aromatic carbocycles. The van der Waals surface area contributed by atoms with Gasteiger partial charge in [-0.05, 0) is 0 Å².